The lowest BCUT2D eigenvalue weighted by Crippen LogP contribution is -2.42. The highest BCUT2D eigenvalue weighted by Gasteiger charge is 2.69. The molecule has 0 aromatic heterocycles. The SMILES string of the molecule is O=C(NCCCCN1CC[C@H](F)C1)[C@H]1[C@H](C(=O)Nc2ccc(Br)cc2)[C@@H]2C=C[C@H]1C21CC1. The molecule has 1 aliphatic heterocycles. The zero-order chi connectivity index (χ0) is 22.3. The van der Waals surface area contributed by atoms with Gasteiger partial charge in [-0.1, -0.05) is 28.1 Å². The van der Waals surface area contributed by atoms with Crippen molar-refractivity contribution in [1.82, 2.24) is 10.2 Å². The molecule has 1 saturated heterocycles. The van der Waals surface area contributed by atoms with Crippen LogP contribution in [0.5, 0.6) is 0 Å². The van der Waals surface area contributed by atoms with E-state index in [2.05, 4.69) is 43.6 Å². The van der Waals surface area contributed by atoms with Crippen molar-refractivity contribution in [3.8, 4) is 0 Å². The Morgan fingerprint density at radius 1 is 1.06 bits per heavy atom. The fourth-order valence-electron chi connectivity index (χ4n) is 6.25. The number of hydrogen-bond donors (Lipinski definition) is 2. The lowest BCUT2D eigenvalue weighted by molar-refractivity contribution is -0.132. The lowest BCUT2D eigenvalue weighted by atomic mass is 9.81. The van der Waals surface area contributed by atoms with Crippen molar-refractivity contribution in [2.75, 3.05) is 31.5 Å². The van der Waals surface area contributed by atoms with Crippen LogP contribution in [0.4, 0.5) is 10.1 Å². The van der Waals surface area contributed by atoms with E-state index in [1.165, 1.54) is 0 Å². The van der Waals surface area contributed by atoms with Gasteiger partial charge in [-0.3, -0.25) is 9.59 Å². The summed E-state index contributed by atoms with van der Waals surface area (Å²) in [6, 6.07) is 7.55. The summed E-state index contributed by atoms with van der Waals surface area (Å²) in [7, 11) is 0. The van der Waals surface area contributed by atoms with Gasteiger partial charge in [0.1, 0.15) is 6.17 Å². The topological polar surface area (TPSA) is 61.4 Å². The van der Waals surface area contributed by atoms with E-state index in [4.69, 9.17) is 0 Å². The molecule has 32 heavy (non-hydrogen) atoms. The average Bonchev–Trinajstić information content (AvgIpc) is 3.26. The van der Waals surface area contributed by atoms with Gasteiger partial charge in [0.25, 0.3) is 0 Å². The van der Waals surface area contributed by atoms with Crippen molar-refractivity contribution in [2.24, 2.45) is 29.1 Å². The Hall–Kier alpha value is -1.73. The number of amides is 2. The number of halogens is 2. The van der Waals surface area contributed by atoms with Gasteiger partial charge in [-0.05, 0) is 80.2 Å². The summed E-state index contributed by atoms with van der Waals surface area (Å²) >= 11 is 3.42. The maximum atomic E-state index is 13.3. The first-order valence-electron chi connectivity index (χ1n) is 11.9. The molecule has 3 aliphatic carbocycles. The van der Waals surface area contributed by atoms with E-state index < -0.39 is 6.17 Å². The number of benzene rings is 1. The van der Waals surface area contributed by atoms with Gasteiger partial charge in [0.05, 0.1) is 11.8 Å². The van der Waals surface area contributed by atoms with Crippen LogP contribution in [0.25, 0.3) is 0 Å². The average molecular weight is 504 g/mol. The predicted octanol–water partition coefficient (Wildman–Crippen LogP) is 4.16. The molecule has 1 heterocycles. The molecule has 2 N–H and O–H groups in total. The molecule has 1 aromatic carbocycles. The van der Waals surface area contributed by atoms with E-state index in [1.54, 1.807) is 0 Å². The first kappa shape index (κ1) is 22.1. The number of unbranched alkanes of at least 4 members (excludes halogenated alkanes) is 1. The Bertz CT molecular complexity index is 901. The first-order valence-corrected chi connectivity index (χ1v) is 12.7. The number of hydrogen-bond acceptors (Lipinski definition) is 3. The van der Waals surface area contributed by atoms with Gasteiger partial charge in [0.15, 0.2) is 0 Å². The second-order valence-corrected chi connectivity index (χ2v) is 10.8. The summed E-state index contributed by atoms with van der Waals surface area (Å²) in [4.78, 5) is 28.7. The fraction of sp³-hybridized carbons (Fsp3) is 0.600. The largest absolute Gasteiger partial charge is 0.356 e. The minimum Gasteiger partial charge on any atom is -0.356 e. The third-order valence-corrected chi connectivity index (χ3v) is 8.50. The molecule has 7 heteroatoms. The second kappa shape index (κ2) is 8.90. The Morgan fingerprint density at radius 3 is 2.38 bits per heavy atom. The van der Waals surface area contributed by atoms with Crippen molar-refractivity contribution in [3.05, 3.63) is 40.9 Å². The number of carbonyl (C=O) groups excluding carboxylic acids is 2. The van der Waals surface area contributed by atoms with E-state index in [0.29, 0.717) is 19.5 Å². The Labute approximate surface area is 197 Å². The van der Waals surface area contributed by atoms with E-state index in [1.807, 2.05) is 24.3 Å². The maximum Gasteiger partial charge on any atom is 0.228 e. The van der Waals surface area contributed by atoms with Crippen LogP contribution < -0.4 is 10.6 Å². The molecule has 3 fully saturated rings. The van der Waals surface area contributed by atoms with Gasteiger partial charge >= 0.3 is 0 Å². The van der Waals surface area contributed by atoms with Crippen LogP contribution in [-0.4, -0.2) is 49.1 Å². The van der Waals surface area contributed by atoms with E-state index in [9.17, 15) is 14.0 Å². The van der Waals surface area contributed by atoms with Crippen molar-refractivity contribution in [2.45, 2.75) is 38.3 Å². The number of alkyl halides is 1. The smallest absolute Gasteiger partial charge is 0.228 e. The zero-order valence-electron chi connectivity index (χ0n) is 18.2. The van der Waals surface area contributed by atoms with Gasteiger partial charge in [-0.2, -0.15) is 0 Å². The van der Waals surface area contributed by atoms with Crippen LogP contribution >= 0.6 is 15.9 Å². The standard InChI is InChI=1S/C25H31BrFN3O2/c26-16-3-5-18(6-4-16)29-24(32)22-20-8-7-19(25(20)10-11-25)21(22)23(31)28-12-1-2-13-30-14-9-17(27)15-30/h3-8,17,19-22H,1-2,9-15H2,(H,28,31)(H,29,32)/t17-,19+,20-,21+,22+/m0/s1. The molecule has 4 aliphatic rings. The summed E-state index contributed by atoms with van der Waals surface area (Å²) in [5, 5.41) is 6.16. The molecule has 1 aromatic rings. The Kier molecular flexibility index (Phi) is 6.14. The Balaban J connectivity index is 1.18. The van der Waals surface area contributed by atoms with Gasteiger partial charge in [-0.15, -0.1) is 0 Å². The number of nitrogens with zero attached hydrogens (tertiary/aromatic N) is 1. The quantitative estimate of drug-likeness (QED) is 0.413. The third-order valence-electron chi connectivity index (χ3n) is 7.97. The van der Waals surface area contributed by atoms with Crippen LogP contribution in [0.15, 0.2) is 40.9 Å². The van der Waals surface area contributed by atoms with Crippen molar-refractivity contribution < 1.29 is 14.0 Å². The summed E-state index contributed by atoms with van der Waals surface area (Å²) in [5.41, 5.74) is 0.883. The molecule has 2 saturated carbocycles. The van der Waals surface area contributed by atoms with Gasteiger partial charge < -0.3 is 15.5 Å². The number of nitrogens with one attached hydrogen (secondary N) is 2. The molecular weight excluding hydrogens is 473 g/mol. The van der Waals surface area contributed by atoms with Crippen LogP contribution in [0.3, 0.4) is 0 Å². The summed E-state index contributed by atoms with van der Waals surface area (Å²) in [6.07, 6.45) is 8.35. The first-order chi connectivity index (χ1) is 15.5. The fourth-order valence-corrected chi connectivity index (χ4v) is 6.51. The highest BCUT2D eigenvalue weighted by Crippen LogP contribution is 2.72. The molecule has 172 valence electrons. The van der Waals surface area contributed by atoms with E-state index >= 15 is 0 Å². The van der Waals surface area contributed by atoms with Crippen molar-refractivity contribution in [3.63, 3.8) is 0 Å². The minimum absolute atomic E-state index is 0.00840. The van der Waals surface area contributed by atoms with Gasteiger partial charge in [-0.25, -0.2) is 4.39 Å². The molecule has 5 nitrogen and oxygen atoms in total. The van der Waals surface area contributed by atoms with Crippen LogP contribution in [0, 0.1) is 29.1 Å². The molecule has 0 unspecified atom stereocenters. The summed E-state index contributed by atoms with van der Waals surface area (Å²) in [5.74, 6) is -0.336. The van der Waals surface area contributed by atoms with Gasteiger partial charge in [0, 0.05) is 29.8 Å². The zero-order valence-corrected chi connectivity index (χ0v) is 19.8. The van der Waals surface area contributed by atoms with Gasteiger partial charge in [0.2, 0.25) is 11.8 Å². The number of likely N-dealkylation sites (tertiary alicyclic amines) is 1. The van der Waals surface area contributed by atoms with Crippen molar-refractivity contribution >= 4 is 33.4 Å². The molecule has 5 rings (SSSR count). The predicted molar refractivity (Wildman–Crippen MR) is 126 cm³/mol. The number of rotatable bonds is 8. The highest BCUT2D eigenvalue weighted by atomic mass is 79.9. The summed E-state index contributed by atoms with van der Waals surface area (Å²) < 4.78 is 14.2. The molecule has 5 atom stereocenters. The number of allylic oxidation sites excluding steroid dienone is 2. The Morgan fingerprint density at radius 2 is 1.75 bits per heavy atom. The van der Waals surface area contributed by atoms with Crippen LogP contribution in [-0.2, 0) is 9.59 Å². The van der Waals surface area contributed by atoms with Crippen molar-refractivity contribution in [1.29, 1.82) is 0 Å². The minimum atomic E-state index is -0.684. The number of carbonyl (C=O) groups is 2. The normalized spacial score (nSPS) is 31.9. The second-order valence-electron chi connectivity index (χ2n) is 9.90. The monoisotopic (exact) mass is 503 g/mol. The number of anilines is 1. The maximum absolute atomic E-state index is 13.3. The molecular formula is C25H31BrFN3O2. The van der Waals surface area contributed by atoms with E-state index in [0.717, 1.165) is 48.9 Å². The molecule has 1 spiro atoms. The molecule has 2 bridgehead atoms. The lowest BCUT2D eigenvalue weighted by Gasteiger charge is -2.26. The van der Waals surface area contributed by atoms with E-state index in [-0.39, 0.29) is 40.9 Å². The third kappa shape index (κ3) is 4.14. The van der Waals surface area contributed by atoms with Crippen LogP contribution in [0.1, 0.15) is 32.1 Å². The molecule has 0 radical (unpaired) electrons. The molecule has 2 amide bonds. The van der Waals surface area contributed by atoms with Crippen LogP contribution in [0.2, 0.25) is 0 Å². The highest BCUT2D eigenvalue weighted by molar-refractivity contribution is 9.10. The summed E-state index contributed by atoms with van der Waals surface area (Å²) in [6.45, 7) is 2.87.